The molecular weight excluding hydrogens is 468 g/mol. The van der Waals surface area contributed by atoms with Gasteiger partial charge in [0.15, 0.2) is 0 Å². The first-order chi connectivity index (χ1) is 16.7. The summed E-state index contributed by atoms with van der Waals surface area (Å²) in [6.07, 6.45) is -0.210. The smallest absolute Gasteiger partial charge is 0.330 e. The highest BCUT2D eigenvalue weighted by atomic mass is 16.5. The van der Waals surface area contributed by atoms with Gasteiger partial charge in [-0.05, 0) is 6.42 Å². The predicted molar refractivity (Wildman–Crippen MR) is 119 cm³/mol. The number of amides is 2. The fourth-order valence-corrected chi connectivity index (χ4v) is 3.49. The van der Waals surface area contributed by atoms with Gasteiger partial charge >= 0.3 is 11.4 Å². The van der Waals surface area contributed by atoms with Crippen LogP contribution in [-0.2, 0) is 27.3 Å². The molecule has 190 valence electrons. The fraction of sp³-hybridized carbons (Fsp3) is 0.500. The van der Waals surface area contributed by atoms with Crippen molar-refractivity contribution in [2.75, 3.05) is 19.7 Å². The summed E-state index contributed by atoms with van der Waals surface area (Å²) in [6, 6.07) is 1.11. The average Bonchev–Trinajstić information content (AvgIpc) is 3.18. The second kappa shape index (κ2) is 11.5. The summed E-state index contributed by atoms with van der Waals surface area (Å²) in [5, 5.41) is 24.2. The number of hydrogen-bond acceptors (Lipinski definition) is 9. The molecule has 1 unspecified atom stereocenters. The monoisotopic (exact) mass is 494 g/mol. The van der Waals surface area contributed by atoms with Gasteiger partial charge in [-0.25, -0.2) is 9.59 Å². The molecule has 3 heterocycles. The van der Waals surface area contributed by atoms with E-state index < -0.39 is 59.4 Å². The van der Waals surface area contributed by atoms with E-state index in [2.05, 4.69) is 15.6 Å². The lowest BCUT2D eigenvalue weighted by molar-refractivity contribution is -0.123. The van der Waals surface area contributed by atoms with E-state index in [0.717, 1.165) is 15.2 Å². The summed E-state index contributed by atoms with van der Waals surface area (Å²) in [7, 11) is 0. The maximum Gasteiger partial charge on any atom is 0.330 e. The summed E-state index contributed by atoms with van der Waals surface area (Å²) < 4.78 is 7.57. The third-order valence-corrected chi connectivity index (χ3v) is 5.34. The Kier molecular flexibility index (Phi) is 8.51. The Morgan fingerprint density at radius 2 is 1.80 bits per heavy atom. The van der Waals surface area contributed by atoms with Gasteiger partial charge in [-0.1, -0.05) is 0 Å². The van der Waals surface area contributed by atoms with Crippen LogP contribution in [0.15, 0.2) is 37.6 Å². The summed E-state index contributed by atoms with van der Waals surface area (Å²) in [5.41, 5.74) is -2.52. The third-order valence-electron chi connectivity index (χ3n) is 5.34. The van der Waals surface area contributed by atoms with E-state index >= 15 is 0 Å². The number of H-pyrrole nitrogens is 2. The second-order valence-electron chi connectivity index (χ2n) is 7.87. The Labute approximate surface area is 196 Å². The van der Waals surface area contributed by atoms with Crippen molar-refractivity contribution >= 4 is 11.8 Å². The third kappa shape index (κ3) is 6.84. The molecule has 0 saturated carbocycles. The second-order valence-corrected chi connectivity index (χ2v) is 7.87. The van der Waals surface area contributed by atoms with Crippen molar-refractivity contribution in [3.63, 3.8) is 0 Å². The van der Waals surface area contributed by atoms with Crippen molar-refractivity contribution in [1.29, 1.82) is 0 Å². The molecule has 2 aromatic heterocycles. The molecule has 15 nitrogen and oxygen atoms in total. The zero-order chi connectivity index (χ0) is 25.5. The average molecular weight is 494 g/mol. The molecule has 35 heavy (non-hydrogen) atoms. The van der Waals surface area contributed by atoms with Crippen LogP contribution in [-0.4, -0.2) is 73.0 Å². The van der Waals surface area contributed by atoms with Crippen molar-refractivity contribution in [2.45, 2.75) is 44.2 Å². The number of aryl methyl sites for hydroxylation is 1. The number of rotatable bonds is 10. The summed E-state index contributed by atoms with van der Waals surface area (Å²) in [6.45, 7) is -0.545. The molecule has 0 aromatic carbocycles. The van der Waals surface area contributed by atoms with Gasteiger partial charge in [-0.2, -0.15) is 0 Å². The topological polar surface area (TPSA) is 218 Å². The van der Waals surface area contributed by atoms with E-state index in [1.165, 1.54) is 12.4 Å². The lowest BCUT2D eigenvalue weighted by Crippen LogP contribution is -2.39. The molecule has 0 aliphatic carbocycles. The molecule has 2 aromatic rings. The minimum atomic E-state index is -0.962. The van der Waals surface area contributed by atoms with E-state index in [1.807, 2.05) is 4.98 Å². The molecule has 6 N–H and O–H groups in total. The standard InChI is InChI=1S/C20H26N6O9/c27-10-13-12(28)7-17(35-13)26-8-11(18(32)24-20(26)34)1-2-14(29)21-4-5-22-16(31)9-25-6-3-15(30)23-19(25)33/h3,6,8,12-13,17,27-28H,1-2,4-5,7,9-10H2,(H,21,29)(H,22,31)(H,23,30,33)(H,24,32,34)/t12?,13-,17-/m1/s1. The number of carbonyl (C=O) groups excluding carboxylic acids is 2. The number of aliphatic hydroxyl groups excluding tert-OH is 2. The van der Waals surface area contributed by atoms with Gasteiger partial charge < -0.3 is 25.6 Å². The van der Waals surface area contributed by atoms with Crippen molar-refractivity contribution in [3.05, 3.63) is 65.7 Å². The van der Waals surface area contributed by atoms with Gasteiger partial charge in [0.1, 0.15) is 18.9 Å². The van der Waals surface area contributed by atoms with Gasteiger partial charge in [-0.3, -0.25) is 38.3 Å². The van der Waals surface area contributed by atoms with Gasteiger partial charge in [0.25, 0.3) is 11.1 Å². The molecule has 3 atom stereocenters. The zero-order valence-electron chi connectivity index (χ0n) is 18.6. The molecular formula is C20H26N6O9. The number of aromatic amines is 2. The molecule has 15 heteroatoms. The Hall–Kier alpha value is -3.82. The Bertz CT molecular complexity index is 1290. The van der Waals surface area contributed by atoms with Crippen LogP contribution in [0.5, 0.6) is 0 Å². The number of ether oxygens (including phenoxy) is 1. The minimum absolute atomic E-state index is 0.0155. The van der Waals surface area contributed by atoms with Crippen molar-refractivity contribution < 1.29 is 24.5 Å². The number of hydrogen-bond donors (Lipinski definition) is 6. The summed E-state index contributed by atoms with van der Waals surface area (Å²) in [4.78, 5) is 75.0. The highest BCUT2D eigenvalue weighted by molar-refractivity contribution is 5.77. The number of nitrogens with one attached hydrogen (secondary N) is 4. The molecule has 0 radical (unpaired) electrons. The van der Waals surface area contributed by atoms with Crippen molar-refractivity contribution in [3.8, 4) is 0 Å². The highest BCUT2D eigenvalue weighted by Gasteiger charge is 2.35. The van der Waals surface area contributed by atoms with Crippen LogP contribution >= 0.6 is 0 Å². The molecule has 1 fully saturated rings. The van der Waals surface area contributed by atoms with Crippen LogP contribution in [0.4, 0.5) is 0 Å². The van der Waals surface area contributed by atoms with Crippen molar-refractivity contribution in [2.24, 2.45) is 0 Å². The van der Waals surface area contributed by atoms with Gasteiger partial charge in [0.2, 0.25) is 11.8 Å². The van der Waals surface area contributed by atoms with E-state index in [0.29, 0.717) is 0 Å². The van der Waals surface area contributed by atoms with Crippen LogP contribution < -0.4 is 33.1 Å². The summed E-state index contributed by atoms with van der Waals surface area (Å²) in [5.74, 6) is -0.897. The van der Waals surface area contributed by atoms with Crippen LogP contribution in [0.25, 0.3) is 0 Å². The first kappa shape index (κ1) is 25.8. The van der Waals surface area contributed by atoms with Gasteiger partial charge in [0, 0.05) is 50.0 Å². The van der Waals surface area contributed by atoms with Gasteiger partial charge in [-0.15, -0.1) is 0 Å². The molecule has 0 spiro atoms. The minimum Gasteiger partial charge on any atom is -0.394 e. The zero-order valence-corrected chi connectivity index (χ0v) is 18.6. The first-order valence-electron chi connectivity index (χ1n) is 10.8. The number of aliphatic hydroxyl groups is 2. The van der Waals surface area contributed by atoms with E-state index in [4.69, 9.17) is 4.74 Å². The normalized spacial score (nSPS) is 19.4. The maximum atomic E-state index is 12.1. The van der Waals surface area contributed by atoms with Crippen LogP contribution in [0, 0.1) is 0 Å². The molecule has 1 aliphatic heterocycles. The largest absolute Gasteiger partial charge is 0.394 e. The fourth-order valence-electron chi connectivity index (χ4n) is 3.49. The number of aromatic nitrogens is 4. The molecule has 1 aliphatic rings. The van der Waals surface area contributed by atoms with Crippen LogP contribution in [0.2, 0.25) is 0 Å². The van der Waals surface area contributed by atoms with E-state index in [1.54, 1.807) is 0 Å². The lowest BCUT2D eigenvalue weighted by Gasteiger charge is -2.15. The van der Waals surface area contributed by atoms with Crippen molar-refractivity contribution in [1.82, 2.24) is 29.7 Å². The SMILES string of the molecule is O=C(CCc1cn([C@H]2CC(O)[C@@H](CO)O2)c(=O)[nH]c1=O)NCCNC(=O)Cn1ccc(=O)[nH]c1=O. The molecule has 1 saturated heterocycles. The van der Waals surface area contributed by atoms with Crippen LogP contribution in [0.1, 0.15) is 24.6 Å². The number of carbonyl (C=O) groups is 2. The highest BCUT2D eigenvalue weighted by Crippen LogP contribution is 2.27. The molecule has 2 amide bonds. The Morgan fingerprint density at radius 1 is 1.09 bits per heavy atom. The summed E-state index contributed by atoms with van der Waals surface area (Å²) >= 11 is 0. The lowest BCUT2D eigenvalue weighted by atomic mass is 10.1. The van der Waals surface area contributed by atoms with Gasteiger partial charge in [0.05, 0.1) is 12.7 Å². The van der Waals surface area contributed by atoms with E-state index in [9.17, 15) is 39.0 Å². The first-order valence-corrected chi connectivity index (χ1v) is 10.8. The molecule has 0 bridgehead atoms. The quantitative estimate of drug-likeness (QED) is 0.177. The number of nitrogens with zero attached hydrogens (tertiary/aromatic N) is 2. The Morgan fingerprint density at radius 3 is 2.46 bits per heavy atom. The predicted octanol–water partition coefficient (Wildman–Crippen LogP) is -4.11. The maximum absolute atomic E-state index is 12.1. The van der Waals surface area contributed by atoms with E-state index in [-0.39, 0.29) is 44.5 Å². The Balaban J connectivity index is 1.45. The molecule has 3 rings (SSSR count). The van der Waals surface area contributed by atoms with Crippen LogP contribution in [0.3, 0.4) is 0 Å².